The number of aliphatic hydroxyl groups excluding tert-OH is 1. The van der Waals surface area contributed by atoms with Gasteiger partial charge in [-0.2, -0.15) is 0 Å². The molecule has 0 aromatic heterocycles. The summed E-state index contributed by atoms with van der Waals surface area (Å²) in [7, 11) is 0. The molecule has 1 saturated carbocycles. The summed E-state index contributed by atoms with van der Waals surface area (Å²) in [5.74, 6) is 1.33. The fourth-order valence-corrected chi connectivity index (χ4v) is 2.89. The Labute approximate surface area is 101 Å². The normalized spacial score (nSPS) is 19.4. The van der Waals surface area contributed by atoms with Crippen LogP contribution in [0.3, 0.4) is 0 Å². The molecule has 0 radical (unpaired) electrons. The number of aryl methyl sites for hydroxylation is 1. The van der Waals surface area contributed by atoms with E-state index < -0.39 is 0 Å². The maximum absolute atomic E-state index is 9.38. The number of aliphatic hydroxyl groups is 1. The van der Waals surface area contributed by atoms with E-state index in [0.717, 1.165) is 5.75 Å². The Kier molecular flexibility index (Phi) is 3.57. The Morgan fingerprint density at radius 3 is 2.50 bits per heavy atom. The van der Waals surface area contributed by atoms with Gasteiger partial charge in [0.15, 0.2) is 0 Å². The summed E-state index contributed by atoms with van der Waals surface area (Å²) in [5.41, 5.74) is 7.10. The molecule has 0 bridgehead atoms. The summed E-state index contributed by atoms with van der Waals surface area (Å²) in [6.07, 6.45) is 2.34. The largest absolute Gasteiger partial charge is 0.394 e. The first-order valence-electron chi connectivity index (χ1n) is 5.73. The van der Waals surface area contributed by atoms with E-state index in [-0.39, 0.29) is 12.1 Å². The molecular weight excluding hydrogens is 218 g/mol. The topological polar surface area (TPSA) is 46.2 Å². The molecule has 2 rings (SSSR count). The van der Waals surface area contributed by atoms with Crippen LogP contribution in [0, 0.1) is 12.8 Å². The summed E-state index contributed by atoms with van der Waals surface area (Å²) in [4.78, 5) is 1.23. The van der Waals surface area contributed by atoms with Crippen LogP contribution in [0.1, 0.15) is 18.4 Å². The highest BCUT2D eigenvalue weighted by molar-refractivity contribution is 7.99. The first kappa shape index (κ1) is 12.0. The van der Waals surface area contributed by atoms with E-state index >= 15 is 0 Å². The van der Waals surface area contributed by atoms with Gasteiger partial charge in [-0.1, -0.05) is 17.7 Å². The molecule has 0 aliphatic heterocycles. The van der Waals surface area contributed by atoms with Crippen LogP contribution in [0.5, 0.6) is 0 Å². The highest BCUT2D eigenvalue weighted by Crippen LogP contribution is 2.40. The second kappa shape index (κ2) is 4.78. The van der Waals surface area contributed by atoms with E-state index in [4.69, 9.17) is 5.73 Å². The minimum Gasteiger partial charge on any atom is -0.394 e. The number of hydrogen-bond acceptors (Lipinski definition) is 3. The molecule has 1 unspecified atom stereocenters. The van der Waals surface area contributed by atoms with Crippen LogP contribution in [0.25, 0.3) is 0 Å². The molecule has 1 aromatic carbocycles. The molecule has 2 nitrogen and oxygen atoms in total. The third-order valence-electron chi connectivity index (χ3n) is 3.21. The van der Waals surface area contributed by atoms with Crippen molar-refractivity contribution in [1.29, 1.82) is 0 Å². The van der Waals surface area contributed by atoms with E-state index in [1.54, 1.807) is 11.8 Å². The van der Waals surface area contributed by atoms with Crippen LogP contribution in [-0.2, 0) is 0 Å². The molecule has 16 heavy (non-hydrogen) atoms. The van der Waals surface area contributed by atoms with Gasteiger partial charge in [0.25, 0.3) is 0 Å². The zero-order chi connectivity index (χ0) is 11.6. The lowest BCUT2D eigenvalue weighted by Crippen LogP contribution is -2.48. The standard InChI is InChI=1S/C13H19NOS/c1-10-2-6-12(7-3-10)16-9-13(14,8-15)11-4-5-11/h2-3,6-7,11,15H,4-5,8-9,14H2,1H3. The average molecular weight is 237 g/mol. The van der Waals surface area contributed by atoms with Crippen LogP contribution in [0.15, 0.2) is 29.2 Å². The molecule has 1 aliphatic carbocycles. The molecule has 3 heteroatoms. The van der Waals surface area contributed by atoms with Gasteiger partial charge in [-0.05, 0) is 37.8 Å². The van der Waals surface area contributed by atoms with Gasteiger partial charge in [-0.25, -0.2) is 0 Å². The van der Waals surface area contributed by atoms with Crippen LogP contribution >= 0.6 is 11.8 Å². The van der Waals surface area contributed by atoms with Gasteiger partial charge in [0.2, 0.25) is 0 Å². The molecule has 0 heterocycles. The lowest BCUT2D eigenvalue weighted by atomic mass is 9.99. The Hall–Kier alpha value is -0.510. The summed E-state index contributed by atoms with van der Waals surface area (Å²) < 4.78 is 0. The fraction of sp³-hybridized carbons (Fsp3) is 0.538. The van der Waals surface area contributed by atoms with Crippen molar-refractivity contribution < 1.29 is 5.11 Å². The van der Waals surface area contributed by atoms with Gasteiger partial charge in [0.1, 0.15) is 0 Å². The van der Waals surface area contributed by atoms with Crippen molar-refractivity contribution in [1.82, 2.24) is 0 Å². The van der Waals surface area contributed by atoms with E-state index in [1.165, 1.54) is 23.3 Å². The molecule has 3 N–H and O–H groups in total. The fourth-order valence-electron chi connectivity index (χ4n) is 1.80. The molecule has 1 aliphatic rings. The second-order valence-electron chi connectivity index (χ2n) is 4.77. The molecule has 1 atom stereocenters. The Morgan fingerprint density at radius 1 is 1.38 bits per heavy atom. The number of benzene rings is 1. The number of hydrogen-bond donors (Lipinski definition) is 2. The number of nitrogens with two attached hydrogens (primary N) is 1. The quantitative estimate of drug-likeness (QED) is 0.772. The van der Waals surface area contributed by atoms with Crippen LogP contribution in [0.2, 0.25) is 0 Å². The lowest BCUT2D eigenvalue weighted by Gasteiger charge is -2.26. The molecule has 0 spiro atoms. The third-order valence-corrected chi connectivity index (χ3v) is 4.50. The summed E-state index contributed by atoms with van der Waals surface area (Å²) in [6.45, 7) is 2.18. The van der Waals surface area contributed by atoms with Gasteiger partial charge < -0.3 is 10.8 Å². The summed E-state index contributed by atoms with van der Waals surface area (Å²) in [5, 5.41) is 9.38. The maximum Gasteiger partial charge on any atom is 0.0622 e. The van der Waals surface area contributed by atoms with Gasteiger partial charge >= 0.3 is 0 Å². The first-order chi connectivity index (χ1) is 7.64. The van der Waals surface area contributed by atoms with Crippen LogP contribution in [0.4, 0.5) is 0 Å². The average Bonchev–Trinajstić information content (AvgIpc) is 3.12. The van der Waals surface area contributed by atoms with E-state index in [2.05, 4.69) is 31.2 Å². The summed E-state index contributed by atoms with van der Waals surface area (Å²) in [6, 6.07) is 8.45. The third kappa shape index (κ3) is 2.78. The highest BCUT2D eigenvalue weighted by Gasteiger charge is 2.41. The minimum atomic E-state index is -0.379. The molecule has 88 valence electrons. The summed E-state index contributed by atoms with van der Waals surface area (Å²) >= 11 is 1.74. The van der Waals surface area contributed by atoms with Crippen molar-refractivity contribution in [3.8, 4) is 0 Å². The van der Waals surface area contributed by atoms with Crippen molar-refractivity contribution in [2.45, 2.75) is 30.2 Å². The van der Waals surface area contributed by atoms with Crippen molar-refractivity contribution in [3.05, 3.63) is 29.8 Å². The van der Waals surface area contributed by atoms with Gasteiger partial charge in [-0.3, -0.25) is 0 Å². The predicted octanol–water partition coefficient (Wildman–Crippen LogP) is 2.19. The predicted molar refractivity (Wildman–Crippen MR) is 68.6 cm³/mol. The minimum absolute atomic E-state index is 0.0938. The van der Waals surface area contributed by atoms with Crippen molar-refractivity contribution >= 4 is 11.8 Å². The molecular formula is C13H19NOS. The Bertz CT molecular complexity index is 347. The van der Waals surface area contributed by atoms with Crippen molar-refractivity contribution in [3.63, 3.8) is 0 Å². The molecule has 1 aromatic rings. The van der Waals surface area contributed by atoms with E-state index in [1.807, 2.05) is 0 Å². The smallest absolute Gasteiger partial charge is 0.0622 e. The van der Waals surface area contributed by atoms with Crippen LogP contribution in [-0.4, -0.2) is 23.0 Å². The Balaban J connectivity index is 1.92. The first-order valence-corrected chi connectivity index (χ1v) is 6.72. The SMILES string of the molecule is Cc1ccc(SCC(N)(CO)C2CC2)cc1. The molecule has 0 saturated heterocycles. The zero-order valence-corrected chi connectivity index (χ0v) is 10.5. The maximum atomic E-state index is 9.38. The van der Waals surface area contributed by atoms with E-state index in [0.29, 0.717) is 5.92 Å². The van der Waals surface area contributed by atoms with E-state index in [9.17, 15) is 5.11 Å². The number of thioether (sulfide) groups is 1. The molecule has 0 amide bonds. The van der Waals surface area contributed by atoms with Crippen molar-refractivity contribution in [2.24, 2.45) is 11.7 Å². The second-order valence-corrected chi connectivity index (χ2v) is 5.82. The van der Waals surface area contributed by atoms with Crippen molar-refractivity contribution in [2.75, 3.05) is 12.4 Å². The monoisotopic (exact) mass is 237 g/mol. The lowest BCUT2D eigenvalue weighted by molar-refractivity contribution is 0.194. The number of rotatable bonds is 5. The van der Waals surface area contributed by atoms with Gasteiger partial charge in [0, 0.05) is 10.6 Å². The zero-order valence-electron chi connectivity index (χ0n) is 9.65. The highest BCUT2D eigenvalue weighted by atomic mass is 32.2. The molecule has 1 fully saturated rings. The van der Waals surface area contributed by atoms with Crippen LogP contribution < -0.4 is 5.73 Å². The Morgan fingerprint density at radius 2 is 2.00 bits per heavy atom. The van der Waals surface area contributed by atoms with Gasteiger partial charge in [0.05, 0.1) is 12.1 Å². The van der Waals surface area contributed by atoms with Gasteiger partial charge in [-0.15, -0.1) is 11.8 Å².